The predicted octanol–water partition coefficient (Wildman–Crippen LogP) is 2.32. The number of alkyl halides is 1. The zero-order chi connectivity index (χ0) is 14.9. The molecule has 0 bridgehead atoms. The van der Waals surface area contributed by atoms with Crippen LogP contribution in [0.3, 0.4) is 0 Å². The Morgan fingerprint density at radius 2 is 2.05 bits per heavy atom. The number of morpholine rings is 1. The molecule has 0 saturated carbocycles. The van der Waals surface area contributed by atoms with Crippen LogP contribution in [0.2, 0.25) is 0 Å². The summed E-state index contributed by atoms with van der Waals surface area (Å²) >= 11 is 5.81. The van der Waals surface area contributed by atoms with Crippen LogP contribution < -0.4 is 0 Å². The molecule has 1 aromatic carbocycles. The first-order valence-electron chi connectivity index (χ1n) is 6.63. The predicted molar refractivity (Wildman–Crippen MR) is 79.7 cm³/mol. The van der Waals surface area contributed by atoms with E-state index < -0.39 is 10.0 Å². The molecule has 2 unspecified atom stereocenters. The molecule has 1 saturated heterocycles. The number of aryl methyl sites for hydroxylation is 2. The molecule has 0 radical (unpaired) electrons. The van der Waals surface area contributed by atoms with Gasteiger partial charge in [-0.25, -0.2) is 8.42 Å². The first kappa shape index (κ1) is 15.8. The number of benzene rings is 1. The van der Waals surface area contributed by atoms with Gasteiger partial charge in [0, 0.05) is 19.0 Å². The van der Waals surface area contributed by atoms with E-state index in [0.717, 1.165) is 11.1 Å². The fourth-order valence-electron chi connectivity index (χ4n) is 2.51. The van der Waals surface area contributed by atoms with Crippen LogP contribution in [-0.2, 0) is 14.8 Å². The van der Waals surface area contributed by atoms with Gasteiger partial charge < -0.3 is 4.74 Å². The lowest BCUT2D eigenvalue weighted by Gasteiger charge is -2.35. The molecule has 0 N–H and O–H groups in total. The standard InChI is InChI=1S/C14H20ClNO3S/c1-10-4-5-14(11(2)6-10)20(17,18)16-8-12(3)19-13(7-15)9-16/h4-6,12-13H,7-9H2,1-3H3. The lowest BCUT2D eigenvalue weighted by Crippen LogP contribution is -2.49. The Labute approximate surface area is 125 Å². The van der Waals surface area contributed by atoms with Crippen molar-refractivity contribution in [2.45, 2.75) is 37.9 Å². The minimum Gasteiger partial charge on any atom is -0.371 e. The molecule has 1 aromatic rings. The third-order valence-corrected chi connectivity index (χ3v) is 5.75. The van der Waals surface area contributed by atoms with Crippen LogP contribution in [0.4, 0.5) is 0 Å². The van der Waals surface area contributed by atoms with Crippen LogP contribution in [0.25, 0.3) is 0 Å². The quantitative estimate of drug-likeness (QED) is 0.804. The van der Waals surface area contributed by atoms with E-state index in [1.54, 1.807) is 6.07 Å². The van der Waals surface area contributed by atoms with Crippen molar-refractivity contribution < 1.29 is 13.2 Å². The van der Waals surface area contributed by atoms with E-state index in [0.29, 0.717) is 23.9 Å². The van der Waals surface area contributed by atoms with E-state index >= 15 is 0 Å². The molecule has 0 aliphatic carbocycles. The van der Waals surface area contributed by atoms with Crippen LogP contribution in [0.15, 0.2) is 23.1 Å². The molecule has 0 aromatic heterocycles. The van der Waals surface area contributed by atoms with E-state index in [2.05, 4.69) is 0 Å². The molecule has 112 valence electrons. The van der Waals surface area contributed by atoms with Gasteiger partial charge in [0.05, 0.1) is 17.1 Å². The number of halogens is 1. The number of rotatable bonds is 3. The summed E-state index contributed by atoms with van der Waals surface area (Å²) in [6.07, 6.45) is -0.394. The Morgan fingerprint density at radius 1 is 1.35 bits per heavy atom. The van der Waals surface area contributed by atoms with E-state index in [1.807, 2.05) is 32.9 Å². The number of nitrogens with zero attached hydrogens (tertiary/aromatic N) is 1. The Hall–Kier alpha value is -0.620. The fraction of sp³-hybridized carbons (Fsp3) is 0.571. The molecule has 4 nitrogen and oxygen atoms in total. The van der Waals surface area contributed by atoms with Gasteiger partial charge in [0.1, 0.15) is 0 Å². The molecule has 20 heavy (non-hydrogen) atoms. The number of sulfonamides is 1. The van der Waals surface area contributed by atoms with Gasteiger partial charge in [-0.1, -0.05) is 17.7 Å². The zero-order valence-electron chi connectivity index (χ0n) is 12.0. The minimum absolute atomic E-state index is 0.145. The first-order valence-corrected chi connectivity index (χ1v) is 8.61. The third kappa shape index (κ3) is 3.17. The second-order valence-electron chi connectivity index (χ2n) is 5.31. The summed E-state index contributed by atoms with van der Waals surface area (Å²) in [5.74, 6) is 0.295. The zero-order valence-corrected chi connectivity index (χ0v) is 13.5. The van der Waals surface area contributed by atoms with Crippen molar-refractivity contribution in [3.63, 3.8) is 0 Å². The van der Waals surface area contributed by atoms with Crippen LogP contribution in [0.1, 0.15) is 18.1 Å². The summed E-state index contributed by atoms with van der Waals surface area (Å²) in [6.45, 7) is 6.31. The number of hydrogen-bond donors (Lipinski definition) is 0. The van der Waals surface area contributed by atoms with Crippen LogP contribution in [0.5, 0.6) is 0 Å². The summed E-state index contributed by atoms with van der Waals surface area (Å²) in [7, 11) is -3.49. The van der Waals surface area contributed by atoms with Gasteiger partial charge in [0.15, 0.2) is 0 Å². The maximum absolute atomic E-state index is 12.8. The molecule has 2 atom stereocenters. The van der Waals surface area contributed by atoms with Crippen molar-refractivity contribution in [3.05, 3.63) is 29.3 Å². The van der Waals surface area contributed by atoms with E-state index in [4.69, 9.17) is 16.3 Å². The molecular formula is C14H20ClNO3S. The molecule has 2 rings (SSSR count). The topological polar surface area (TPSA) is 46.6 Å². The Balaban J connectivity index is 2.34. The van der Waals surface area contributed by atoms with Gasteiger partial charge in [-0.2, -0.15) is 4.31 Å². The third-order valence-electron chi connectivity index (χ3n) is 3.41. The molecule has 0 amide bonds. The molecule has 1 aliphatic rings. The smallest absolute Gasteiger partial charge is 0.243 e. The summed E-state index contributed by atoms with van der Waals surface area (Å²) in [4.78, 5) is 0.366. The highest BCUT2D eigenvalue weighted by Gasteiger charge is 2.34. The number of hydrogen-bond acceptors (Lipinski definition) is 3. The highest BCUT2D eigenvalue weighted by atomic mass is 35.5. The highest BCUT2D eigenvalue weighted by molar-refractivity contribution is 7.89. The van der Waals surface area contributed by atoms with Crippen LogP contribution >= 0.6 is 11.6 Å². The normalized spacial score (nSPS) is 24.8. The van der Waals surface area contributed by atoms with Gasteiger partial charge in [0.2, 0.25) is 10.0 Å². The molecule has 1 heterocycles. The minimum atomic E-state index is -3.49. The lowest BCUT2D eigenvalue weighted by molar-refractivity contribution is -0.0423. The SMILES string of the molecule is Cc1ccc(S(=O)(=O)N2CC(C)OC(CCl)C2)c(C)c1. The number of ether oxygens (including phenoxy) is 1. The maximum Gasteiger partial charge on any atom is 0.243 e. The summed E-state index contributed by atoms with van der Waals surface area (Å²) in [6, 6.07) is 5.38. The van der Waals surface area contributed by atoms with Gasteiger partial charge in [-0.05, 0) is 32.4 Å². The van der Waals surface area contributed by atoms with Crippen molar-refractivity contribution >= 4 is 21.6 Å². The van der Waals surface area contributed by atoms with Crippen molar-refractivity contribution in [3.8, 4) is 0 Å². The van der Waals surface area contributed by atoms with Crippen molar-refractivity contribution in [2.24, 2.45) is 0 Å². The van der Waals surface area contributed by atoms with Crippen molar-refractivity contribution in [1.29, 1.82) is 0 Å². The average Bonchev–Trinajstić information content (AvgIpc) is 2.37. The molecule has 0 spiro atoms. The maximum atomic E-state index is 12.8. The first-order chi connectivity index (χ1) is 9.34. The summed E-state index contributed by atoms with van der Waals surface area (Å²) in [5, 5.41) is 0. The second kappa shape index (κ2) is 6.02. The van der Waals surface area contributed by atoms with Gasteiger partial charge in [-0.3, -0.25) is 0 Å². The highest BCUT2D eigenvalue weighted by Crippen LogP contribution is 2.24. The van der Waals surface area contributed by atoms with Crippen molar-refractivity contribution in [1.82, 2.24) is 4.31 Å². The monoisotopic (exact) mass is 317 g/mol. The largest absolute Gasteiger partial charge is 0.371 e. The fourth-order valence-corrected chi connectivity index (χ4v) is 4.44. The average molecular weight is 318 g/mol. The Bertz CT molecular complexity index is 588. The summed E-state index contributed by atoms with van der Waals surface area (Å²) < 4.78 is 32.6. The Kier molecular flexibility index (Phi) is 4.74. The van der Waals surface area contributed by atoms with E-state index in [-0.39, 0.29) is 12.2 Å². The molecule has 1 fully saturated rings. The second-order valence-corrected chi connectivity index (χ2v) is 7.53. The van der Waals surface area contributed by atoms with Gasteiger partial charge in [0.25, 0.3) is 0 Å². The van der Waals surface area contributed by atoms with Gasteiger partial charge in [-0.15, -0.1) is 11.6 Å². The summed E-state index contributed by atoms with van der Waals surface area (Å²) in [5.41, 5.74) is 1.82. The van der Waals surface area contributed by atoms with Crippen LogP contribution in [0, 0.1) is 13.8 Å². The molecular weight excluding hydrogens is 298 g/mol. The van der Waals surface area contributed by atoms with Crippen molar-refractivity contribution in [2.75, 3.05) is 19.0 Å². The van der Waals surface area contributed by atoms with Gasteiger partial charge >= 0.3 is 0 Å². The van der Waals surface area contributed by atoms with E-state index in [1.165, 1.54) is 4.31 Å². The Morgan fingerprint density at radius 3 is 2.65 bits per heavy atom. The molecule has 6 heteroatoms. The van der Waals surface area contributed by atoms with Crippen LogP contribution in [-0.4, -0.2) is 43.9 Å². The molecule has 1 aliphatic heterocycles. The van der Waals surface area contributed by atoms with E-state index in [9.17, 15) is 8.42 Å². The lowest BCUT2D eigenvalue weighted by atomic mass is 10.2.